The average molecular weight is 263 g/mol. The first-order valence-electron chi connectivity index (χ1n) is 7.45. The molecule has 2 nitrogen and oxygen atoms in total. The molecule has 0 saturated carbocycles. The van der Waals surface area contributed by atoms with Crippen LogP contribution < -0.4 is 5.32 Å². The topological polar surface area (TPSA) is 21.3 Å². The quantitative estimate of drug-likeness (QED) is 0.735. The first-order valence-corrected chi connectivity index (χ1v) is 7.45. The summed E-state index contributed by atoms with van der Waals surface area (Å²) in [6, 6.07) is 9.28. The lowest BCUT2D eigenvalue weighted by molar-refractivity contribution is 0.169. The van der Waals surface area contributed by atoms with E-state index in [-0.39, 0.29) is 0 Å². The maximum atomic E-state index is 5.19. The van der Waals surface area contributed by atoms with Gasteiger partial charge in [0, 0.05) is 19.8 Å². The summed E-state index contributed by atoms with van der Waals surface area (Å²) in [5, 5.41) is 3.63. The Morgan fingerprint density at radius 3 is 2.58 bits per heavy atom. The molecule has 0 bridgehead atoms. The molecule has 1 aromatic rings. The number of aryl methyl sites for hydroxylation is 2. The normalized spacial score (nSPS) is 14.3. The lowest BCUT2D eigenvalue weighted by Crippen LogP contribution is -2.35. The summed E-state index contributed by atoms with van der Waals surface area (Å²) in [5.41, 5.74) is 2.88. The van der Waals surface area contributed by atoms with Crippen molar-refractivity contribution in [3.63, 3.8) is 0 Å². The largest absolute Gasteiger partial charge is 0.385 e. The molecule has 2 heteroatoms. The van der Waals surface area contributed by atoms with Crippen LogP contribution in [0, 0.1) is 12.8 Å². The molecule has 2 unspecified atom stereocenters. The Morgan fingerprint density at radius 2 is 1.95 bits per heavy atom. The second-order valence-electron chi connectivity index (χ2n) is 5.39. The van der Waals surface area contributed by atoms with Gasteiger partial charge in [-0.15, -0.1) is 0 Å². The molecular formula is C17H29NO. The van der Waals surface area contributed by atoms with Crippen LogP contribution in [0.3, 0.4) is 0 Å². The van der Waals surface area contributed by atoms with E-state index in [4.69, 9.17) is 4.74 Å². The lowest BCUT2D eigenvalue weighted by atomic mass is 9.92. The third-order valence-corrected chi connectivity index (χ3v) is 3.92. The predicted molar refractivity (Wildman–Crippen MR) is 82.6 cm³/mol. The van der Waals surface area contributed by atoms with Gasteiger partial charge in [0.2, 0.25) is 0 Å². The number of hydrogen-bond donors (Lipinski definition) is 1. The van der Waals surface area contributed by atoms with E-state index in [2.05, 4.69) is 50.4 Å². The first-order chi connectivity index (χ1) is 9.19. The van der Waals surface area contributed by atoms with Crippen molar-refractivity contribution in [3.05, 3.63) is 35.4 Å². The van der Waals surface area contributed by atoms with Gasteiger partial charge in [-0.25, -0.2) is 0 Å². The standard InChI is InChI=1S/C17H29NO/c1-5-18-17(15(3)12-13-19-4)11-10-16-9-7-6-8-14(16)2/h6-9,15,17-18H,5,10-13H2,1-4H3. The van der Waals surface area contributed by atoms with E-state index in [1.165, 1.54) is 17.5 Å². The molecule has 1 N–H and O–H groups in total. The molecule has 0 aliphatic heterocycles. The molecule has 0 radical (unpaired) electrons. The van der Waals surface area contributed by atoms with Gasteiger partial charge in [0.15, 0.2) is 0 Å². The Kier molecular flexibility index (Phi) is 7.76. The van der Waals surface area contributed by atoms with Crippen molar-refractivity contribution in [1.29, 1.82) is 0 Å². The van der Waals surface area contributed by atoms with Crippen LogP contribution in [0.4, 0.5) is 0 Å². The molecule has 0 saturated heterocycles. The van der Waals surface area contributed by atoms with E-state index in [9.17, 15) is 0 Å². The smallest absolute Gasteiger partial charge is 0.0465 e. The van der Waals surface area contributed by atoms with Crippen LogP contribution >= 0.6 is 0 Å². The summed E-state index contributed by atoms with van der Waals surface area (Å²) in [6.45, 7) is 8.60. The van der Waals surface area contributed by atoms with Crippen LogP contribution in [0.1, 0.15) is 37.8 Å². The van der Waals surface area contributed by atoms with Crippen LogP contribution in [0.2, 0.25) is 0 Å². The van der Waals surface area contributed by atoms with Gasteiger partial charge in [0.05, 0.1) is 0 Å². The Labute approximate surface area is 118 Å². The number of hydrogen-bond acceptors (Lipinski definition) is 2. The molecular weight excluding hydrogens is 234 g/mol. The molecule has 0 fully saturated rings. The molecule has 0 spiro atoms. The molecule has 0 heterocycles. The van der Waals surface area contributed by atoms with Crippen LogP contribution in [0.25, 0.3) is 0 Å². The van der Waals surface area contributed by atoms with E-state index in [1.807, 2.05) is 0 Å². The zero-order chi connectivity index (χ0) is 14.1. The molecule has 2 atom stereocenters. The summed E-state index contributed by atoms with van der Waals surface area (Å²) in [5.74, 6) is 0.656. The lowest BCUT2D eigenvalue weighted by Gasteiger charge is -2.25. The molecule has 19 heavy (non-hydrogen) atoms. The third-order valence-electron chi connectivity index (χ3n) is 3.92. The number of nitrogens with one attached hydrogen (secondary N) is 1. The fourth-order valence-electron chi connectivity index (χ4n) is 2.56. The second kappa shape index (κ2) is 9.11. The van der Waals surface area contributed by atoms with E-state index < -0.39 is 0 Å². The van der Waals surface area contributed by atoms with Crippen molar-refractivity contribution in [2.24, 2.45) is 5.92 Å². The van der Waals surface area contributed by atoms with Crippen molar-refractivity contribution in [2.45, 2.75) is 46.1 Å². The molecule has 1 aromatic carbocycles. The van der Waals surface area contributed by atoms with Crippen molar-refractivity contribution in [2.75, 3.05) is 20.3 Å². The third kappa shape index (κ3) is 5.75. The fourth-order valence-corrected chi connectivity index (χ4v) is 2.56. The molecule has 0 aromatic heterocycles. The van der Waals surface area contributed by atoms with Crippen LogP contribution in [-0.4, -0.2) is 26.3 Å². The van der Waals surface area contributed by atoms with E-state index in [0.717, 1.165) is 26.0 Å². The van der Waals surface area contributed by atoms with Gasteiger partial charge in [-0.1, -0.05) is 38.1 Å². The average Bonchev–Trinajstić information content (AvgIpc) is 2.42. The van der Waals surface area contributed by atoms with Gasteiger partial charge in [-0.2, -0.15) is 0 Å². The molecule has 1 rings (SSSR count). The monoisotopic (exact) mass is 263 g/mol. The Hall–Kier alpha value is -0.860. The van der Waals surface area contributed by atoms with Gasteiger partial charge in [-0.3, -0.25) is 0 Å². The van der Waals surface area contributed by atoms with E-state index in [1.54, 1.807) is 7.11 Å². The van der Waals surface area contributed by atoms with Crippen LogP contribution in [0.15, 0.2) is 24.3 Å². The van der Waals surface area contributed by atoms with Gasteiger partial charge >= 0.3 is 0 Å². The first kappa shape index (κ1) is 16.2. The van der Waals surface area contributed by atoms with Gasteiger partial charge in [0.1, 0.15) is 0 Å². The summed E-state index contributed by atoms with van der Waals surface area (Å²) in [4.78, 5) is 0. The van der Waals surface area contributed by atoms with Gasteiger partial charge < -0.3 is 10.1 Å². The number of ether oxygens (including phenoxy) is 1. The summed E-state index contributed by atoms with van der Waals surface area (Å²) in [7, 11) is 1.78. The molecule has 0 amide bonds. The highest BCUT2D eigenvalue weighted by Crippen LogP contribution is 2.16. The minimum atomic E-state index is 0.583. The zero-order valence-electron chi connectivity index (χ0n) is 12.9. The van der Waals surface area contributed by atoms with Crippen molar-refractivity contribution >= 4 is 0 Å². The summed E-state index contributed by atoms with van der Waals surface area (Å²) >= 11 is 0. The highest BCUT2D eigenvalue weighted by atomic mass is 16.5. The fraction of sp³-hybridized carbons (Fsp3) is 0.647. The van der Waals surface area contributed by atoms with E-state index in [0.29, 0.717) is 12.0 Å². The Balaban J connectivity index is 2.51. The zero-order valence-corrected chi connectivity index (χ0v) is 12.9. The number of methoxy groups -OCH3 is 1. The van der Waals surface area contributed by atoms with Crippen molar-refractivity contribution in [1.82, 2.24) is 5.32 Å². The summed E-state index contributed by atoms with van der Waals surface area (Å²) < 4.78 is 5.19. The van der Waals surface area contributed by atoms with Crippen molar-refractivity contribution in [3.8, 4) is 0 Å². The number of benzene rings is 1. The van der Waals surface area contributed by atoms with Gasteiger partial charge in [0.25, 0.3) is 0 Å². The van der Waals surface area contributed by atoms with E-state index >= 15 is 0 Å². The molecule has 108 valence electrons. The highest BCUT2D eigenvalue weighted by Gasteiger charge is 2.16. The number of rotatable bonds is 9. The molecule has 0 aliphatic rings. The second-order valence-corrected chi connectivity index (χ2v) is 5.39. The molecule has 0 aliphatic carbocycles. The Bertz CT molecular complexity index is 351. The SMILES string of the molecule is CCNC(CCc1ccccc1C)C(C)CCOC. The minimum absolute atomic E-state index is 0.583. The van der Waals surface area contributed by atoms with Gasteiger partial charge in [-0.05, 0) is 49.8 Å². The maximum Gasteiger partial charge on any atom is 0.0465 e. The minimum Gasteiger partial charge on any atom is -0.385 e. The predicted octanol–water partition coefficient (Wildman–Crippen LogP) is 3.58. The summed E-state index contributed by atoms with van der Waals surface area (Å²) in [6.07, 6.45) is 3.48. The Morgan fingerprint density at radius 1 is 1.21 bits per heavy atom. The highest BCUT2D eigenvalue weighted by molar-refractivity contribution is 5.25. The maximum absolute atomic E-state index is 5.19. The van der Waals surface area contributed by atoms with Crippen molar-refractivity contribution < 1.29 is 4.74 Å². The van der Waals surface area contributed by atoms with Crippen LogP contribution in [0.5, 0.6) is 0 Å². The van der Waals surface area contributed by atoms with Crippen LogP contribution in [-0.2, 0) is 11.2 Å².